The van der Waals surface area contributed by atoms with Crippen molar-refractivity contribution in [1.29, 1.82) is 0 Å². The number of aryl methyl sites for hydroxylation is 3. The van der Waals surface area contributed by atoms with Gasteiger partial charge in [-0.3, -0.25) is 9.48 Å². The van der Waals surface area contributed by atoms with Crippen LogP contribution in [-0.4, -0.2) is 27.1 Å². The Morgan fingerprint density at radius 2 is 2.29 bits per heavy atom. The van der Waals surface area contributed by atoms with E-state index < -0.39 is 0 Å². The molecule has 1 amide bonds. The molecule has 0 bridgehead atoms. The van der Waals surface area contributed by atoms with Gasteiger partial charge in [-0.25, -0.2) is 0 Å². The molecule has 110 valence electrons. The molecule has 2 aliphatic rings. The van der Waals surface area contributed by atoms with E-state index >= 15 is 0 Å². The molecular formula is C16H19N3OS. The van der Waals surface area contributed by atoms with Crippen molar-refractivity contribution in [3.8, 4) is 0 Å². The zero-order chi connectivity index (χ0) is 14.4. The van der Waals surface area contributed by atoms with Gasteiger partial charge in [-0.15, -0.1) is 11.3 Å². The third-order valence-electron chi connectivity index (χ3n) is 4.58. The van der Waals surface area contributed by atoms with Gasteiger partial charge in [0.2, 0.25) is 0 Å². The quantitative estimate of drug-likeness (QED) is 0.855. The summed E-state index contributed by atoms with van der Waals surface area (Å²) >= 11 is 1.71. The van der Waals surface area contributed by atoms with Crippen LogP contribution in [0.3, 0.4) is 0 Å². The van der Waals surface area contributed by atoms with E-state index in [1.54, 1.807) is 11.3 Å². The SMILES string of the molecule is Cn1cc(C2CCCN2C(=O)c2cc3c(s2)CCC3)cn1. The lowest BCUT2D eigenvalue weighted by molar-refractivity contribution is 0.0740. The molecule has 21 heavy (non-hydrogen) atoms. The number of nitrogens with zero attached hydrogens (tertiary/aromatic N) is 3. The van der Waals surface area contributed by atoms with E-state index in [1.807, 2.05) is 29.0 Å². The number of thiophene rings is 1. The third kappa shape index (κ3) is 2.20. The van der Waals surface area contributed by atoms with Crippen LogP contribution in [-0.2, 0) is 19.9 Å². The van der Waals surface area contributed by atoms with Crippen LogP contribution in [0.4, 0.5) is 0 Å². The Bertz CT molecular complexity index is 666. The molecule has 2 aromatic heterocycles. The minimum absolute atomic E-state index is 0.197. The van der Waals surface area contributed by atoms with E-state index in [4.69, 9.17) is 0 Å². The largest absolute Gasteiger partial charge is 0.331 e. The van der Waals surface area contributed by atoms with Crippen LogP contribution in [0.5, 0.6) is 0 Å². The molecule has 1 saturated heterocycles. The molecule has 0 N–H and O–H groups in total. The number of carbonyl (C=O) groups excluding carboxylic acids is 1. The lowest BCUT2D eigenvalue weighted by Gasteiger charge is -2.23. The van der Waals surface area contributed by atoms with Gasteiger partial charge in [0.15, 0.2) is 0 Å². The summed E-state index contributed by atoms with van der Waals surface area (Å²) in [7, 11) is 1.93. The van der Waals surface area contributed by atoms with Crippen molar-refractivity contribution in [3.05, 3.63) is 39.3 Å². The monoisotopic (exact) mass is 301 g/mol. The van der Waals surface area contributed by atoms with Crippen LogP contribution in [0.25, 0.3) is 0 Å². The lowest BCUT2D eigenvalue weighted by atomic mass is 10.1. The zero-order valence-corrected chi connectivity index (χ0v) is 13.0. The maximum atomic E-state index is 12.9. The highest BCUT2D eigenvalue weighted by atomic mass is 32.1. The van der Waals surface area contributed by atoms with E-state index in [1.165, 1.54) is 16.9 Å². The summed E-state index contributed by atoms with van der Waals surface area (Å²) in [5.74, 6) is 0.209. The van der Waals surface area contributed by atoms with Crippen molar-refractivity contribution in [1.82, 2.24) is 14.7 Å². The summed E-state index contributed by atoms with van der Waals surface area (Å²) < 4.78 is 1.82. The molecule has 1 fully saturated rings. The van der Waals surface area contributed by atoms with Gasteiger partial charge in [-0.1, -0.05) is 0 Å². The van der Waals surface area contributed by atoms with Crippen molar-refractivity contribution in [2.75, 3.05) is 6.54 Å². The molecule has 5 heteroatoms. The van der Waals surface area contributed by atoms with Crippen LogP contribution in [0.15, 0.2) is 18.5 Å². The molecule has 1 aliphatic heterocycles. The Kier molecular flexibility index (Phi) is 3.10. The molecule has 4 nitrogen and oxygen atoms in total. The van der Waals surface area contributed by atoms with Gasteiger partial charge in [0.25, 0.3) is 5.91 Å². The molecule has 3 heterocycles. The highest BCUT2D eigenvalue weighted by Crippen LogP contribution is 2.36. The summed E-state index contributed by atoms with van der Waals surface area (Å²) in [6, 6.07) is 2.33. The van der Waals surface area contributed by atoms with Gasteiger partial charge in [0.05, 0.1) is 17.1 Å². The van der Waals surface area contributed by atoms with Gasteiger partial charge in [-0.2, -0.15) is 5.10 Å². The Morgan fingerprint density at radius 1 is 1.38 bits per heavy atom. The summed E-state index contributed by atoms with van der Waals surface area (Å²) in [5.41, 5.74) is 2.56. The summed E-state index contributed by atoms with van der Waals surface area (Å²) in [4.78, 5) is 17.2. The van der Waals surface area contributed by atoms with E-state index in [9.17, 15) is 4.79 Å². The standard InChI is InChI=1S/C16H19N3OS/c1-18-10-12(9-17-18)13-5-3-7-19(13)16(20)15-8-11-4-2-6-14(11)21-15/h8-10,13H,2-7H2,1H3. The fourth-order valence-corrected chi connectivity index (χ4v) is 4.75. The molecule has 4 rings (SSSR count). The Hall–Kier alpha value is -1.62. The van der Waals surface area contributed by atoms with Crippen molar-refractivity contribution in [3.63, 3.8) is 0 Å². The van der Waals surface area contributed by atoms with Crippen LogP contribution >= 0.6 is 11.3 Å². The minimum Gasteiger partial charge on any atom is -0.331 e. The molecule has 1 unspecified atom stereocenters. The summed E-state index contributed by atoms with van der Waals surface area (Å²) in [6.45, 7) is 0.862. The van der Waals surface area contributed by atoms with Crippen LogP contribution in [0.1, 0.15) is 51.0 Å². The number of amides is 1. The smallest absolute Gasteiger partial charge is 0.264 e. The molecule has 0 saturated carbocycles. The van der Waals surface area contributed by atoms with Gasteiger partial charge >= 0.3 is 0 Å². The molecule has 2 aromatic rings. The predicted molar refractivity (Wildman–Crippen MR) is 82.6 cm³/mol. The zero-order valence-electron chi connectivity index (χ0n) is 12.2. The highest BCUT2D eigenvalue weighted by molar-refractivity contribution is 7.14. The third-order valence-corrected chi connectivity index (χ3v) is 5.81. The number of hydrogen-bond acceptors (Lipinski definition) is 3. The first-order valence-electron chi connectivity index (χ1n) is 7.63. The fourth-order valence-electron chi connectivity index (χ4n) is 3.54. The maximum absolute atomic E-state index is 12.9. The van der Waals surface area contributed by atoms with Crippen LogP contribution in [0.2, 0.25) is 0 Å². The first-order valence-corrected chi connectivity index (χ1v) is 8.45. The number of rotatable bonds is 2. The van der Waals surface area contributed by atoms with E-state index in [2.05, 4.69) is 11.2 Å². The summed E-state index contributed by atoms with van der Waals surface area (Å²) in [5, 5.41) is 4.25. The number of likely N-dealkylation sites (tertiary alicyclic amines) is 1. The number of carbonyl (C=O) groups is 1. The van der Waals surface area contributed by atoms with Crippen LogP contribution in [0, 0.1) is 0 Å². The van der Waals surface area contributed by atoms with E-state index in [-0.39, 0.29) is 11.9 Å². The van der Waals surface area contributed by atoms with Gasteiger partial charge < -0.3 is 4.90 Å². The Morgan fingerprint density at radius 3 is 3.05 bits per heavy atom. The van der Waals surface area contributed by atoms with E-state index in [0.29, 0.717) is 0 Å². The second-order valence-electron chi connectivity index (χ2n) is 6.02. The Balaban J connectivity index is 1.60. The van der Waals surface area contributed by atoms with Crippen molar-refractivity contribution in [2.24, 2.45) is 7.05 Å². The molecule has 0 radical (unpaired) electrons. The minimum atomic E-state index is 0.197. The molecular weight excluding hydrogens is 282 g/mol. The second-order valence-corrected chi connectivity index (χ2v) is 7.15. The first kappa shape index (κ1) is 13.1. The average Bonchev–Trinajstić information content (AvgIpc) is 3.20. The highest BCUT2D eigenvalue weighted by Gasteiger charge is 2.32. The molecule has 0 spiro atoms. The maximum Gasteiger partial charge on any atom is 0.264 e. The summed E-state index contributed by atoms with van der Waals surface area (Å²) in [6.07, 6.45) is 9.59. The van der Waals surface area contributed by atoms with Gasteiger partial charge in [-0.05, 0) is 43.7 Å². The predicted octanol–water partition coefficient (Wildman–Crippen LogP) is 2.95. The van der Waals surface area contributed by atoms with Gasteiger partial charge in [0.1, 0.15) is 0 Å². The number of aromatic nitrogens is 2. The second kappa shape index (κ2) is 4.98. The molecule has 0 aromatic carbocycles. The van der Waals surface area contributed by atoms with Crippen LogP contribution < -0.4 is 0 Å². The van der Waals surface area contributed by atoms with E-state index in [0.717, 1.165) is 42.7 Å². The Labute approximate surface area is 128 Å². The molecule has 1 atom stereocenters. The number of fused-ring (bicyclic) bond motifs is 1. The number of hydrogen-bond donors (Lipinski definition) is 0. The van der Waals surface area contributed by atoms with Crippen molar-refractivity contribution >= 4 is 17.2 Å². The lowest BCUT2D eigenvalue weighted by Crippen LogP contribution is -2.29. The average molecular weight is 301 g/mol. The molecule has 1 aliphatic carbocycles. The first-order chi connectivity index (χ1) is 10.2. The fraction of sp³-hybridized carbons (Fsp3) is 0.500. The normalized spacial score (nSPS) is 21.0. The van der Waals surface area contributed by atoms with Gasteiger partial charge in [0, 0.05) is 30.2 Å². The van der Waals surface area contributed by atoms with Crippen molar-refractivity contribution < 1.29 is 4.79 Å². The van der Waals surface area contributed by atoms with Crippen molar-refractivity contribution in [2.45, 2.75) is 38.1 Å². The topological polar surface area (TPSA) is 38.1 Å².